The molecular formula is C24H40O6S2. The lowest BCUT2D eigenvalue weighted by Crippen LogP contribution is -2.17. The molecule has 6 nitrogen and oxygen atoms in total. The summed E-state index contributed by atoms with van der Waals surface area (Å²) in [7, 11) is 0. The van der Waals surface area contributed by atoms with Crippen molar-refractivity contribution in [3.8, 4) is 0 Å². The minimum atomic E-state index is -0.833. The molecule has 184 valence electrons. The summed E-state index contributed by atoms with van der Waals surface area (Å²) in [5.74, 6) is -1.61. The highest BCUT2D eigenvalue weighted by Gasteiger charge is 2.10. The Hall–Kier alpha value is -1.67. The molecule has 0 atom stereocenters. The molecule has 0 aromatic heterocycles. The van der Waals surface area contributed by atoms with Crippen molar-refractivity contribution in [2.75, 3.05) is 13.2 Å². The monoisotopic (exact) mass is 488 g/mol. The molecule has 0 radical (unpaired) electrons. The summed E-state index contributed by atoms with van der Waals surface area (Å²) in [6.45, 7) is 3.35. The van der Waals surface area contributed by atoms with Crippen LogP contribution in [0.2, 0.25) is 0 Å². The quantitative estimate of drug-likeness (QED) is 0.0772. The van der Waals surface area contributed by atoms with Crippen molar-refractivity contribution in [1.82, 2.24) is 0 Å². The molecule has 0 fully saturated rings. The van der Waals surface area contributed by atoms with E-state index in [4.69, 9.17) is 19.4 Å². The van der Waals surface area contributed by atoms with Gasteiger partial charge in [0.05, 0.1) is 0 Å². The molecule has 1 N–H and O–H groups in total. The maximum absolute atomic E-state index is 11.5. The van der Waals surface area contributed by atoms with Crippen molar-refractivity contribution >= 4 is 43.2 Å². The van der Waals surface area contributed by atoms with Gasteiger partial charge in [-0.05, 0) is 38.5 Å². The van der Waals surface area contributed by atoms with Crippen molar-refractivity contribution in [3.05, 3.63) is 36.5 Å². The molecule has 0 aliphatic rings. The van der Waals surface area contributed by atoms with E-state index in [1.165, 1.54) is 12.8 Å². The number of esters is 2. The summed E-state index contributed by atoms with van der Waals surface area (Å²) >= 11 is 7.66. The van der Waals surface area contributed by atoms with E-state index in [1.54, 1.807) is 0 Å². The number of carbonyl (C=O) groups excluding carboxylic acids is 2. The molecule has 0 aromatic rings. The number of carboxylic acid groups (broad SMARTS) is 1. The zero-order chi connectivity index (χ0) is 24.5. The van der Waals surface area contributed by atoms with Crippen LogP contribution < -0.4 is 0 Å². The first kappa shape index (κ1) is 32.5. The second-order valence-corrected chi connectivity index (χ2v) is 8.32. The Labute approximate surface area is 204 Å². The summed E-state index contributed by atoms with van der Waals surface area (Å²) in [4.78, 5) is 31.6. The van der Waals surface area contributed by atoms with Crippen molar-refractivity contribution in [1.29, 1.82) is 0 Å². The number of hydrogen-bond acceptors (Lipinski definition) is 7. The van der Waals surface area contributed by atoms with E-state index in [2.05, 4.69) is 68.6 Å². The molecule has 0 bridgehead atoms. The van der Waals surface area contributed by atoms with Gasteiger partial charge in [-0.15, -0.1) is 0 Å². The highest BCUT2D eigenvalue weighted by atomic mass is 32.2. The van der Waals surface area contributed by atoms with Crippen LogP contribution in [0.5, 0.6) is 0 Å². The van der Waals surface area contributed by atoms with Crippen molar-refractivity contribution in [2.45, 2.75) is 82.6 Å². The van der Waals surface area contributed by atoms with E-state index in [0.717, 1.165) is 51.9 Å². The summed E-state index contributed by atoms with van der Waals surface area (Å²) in [6.07, 6.45) is 23.3. The average Bonchev–Trinajstić information content (AvgIpc) is 2.73. The molecule has 0 saturated heterocycles. The largest absolute Gasteiger partial charge is 0.481 e. The Morgan fingerprint density at radius 1 is 0.812 bits per heavy atom. The maximum atomic E-state index is 11.5. The lowest BCUT2D eigenvalue weighted by atomic mass is 10.1. The van der Waals surface area contributed by atoms with Gasteiger partial charge in [0.15, 0.2) is 0 Å². The number of thiol groups is 2. The minimum Gasteiger partial charge on any atom is -0.481 e. The summed E-state index contributed by atoms with van der Waals surface area (Å²) in [5.41, 5.74) is 0. The average molecular weight is 489 g/mol. The molecule has 0 spiro atoms. The number of hydrogen-bond donors (Lipinski definition) is 3. The number of ether oxygens (including phenoxy) is 2. The highest BCUT2D eigenvalue weighted by Crippen LogP contribution is 2.08. The van der Waals surface area contributed by atoms with Gasteiger partial charge < -0.3 is 14.6 Å². The molecule has 0 rings (SSSR count). The van der Waals surface area contributed by atoms with Crippen LogP contribution in [-0.4, -0.2) is 40.8 Å². The van der Waals surface area contributed by atoms with Crippen LogP contribution in [0.15, 0.2) is 36.5 Å². The Morgan fingerprint density at radius 3 is 1.91 bits per heavy atom. The molecule has 0 unspecified atom stereocenters. The lowest BCUT2D eigenvalue weighted by molar-refractivity contribution is -0.151. The van der Waals surface area contributed by atoms with E-state index in [1.807, 2.05) is 0 Å². The SMILES string of the molecule is CC(=O)O.CC/C=C\C/C=C\C/C=C\CCCCCCCC(=O)OCCOC(=O)C(S)S. The minimum absolute atomic E-state index is 0.0431. The first-order valence-corrected chi connectivity index (χ1v) is 12.2. The molecule has 0 aromatic carbocycles. The normalized spacial score (nSPS) is 11.2. The van der Waals surface area contributed by atoms with E-state index in [9.17, 15) is 9.59 Å². The summed E-state index contributed by atoms with van der Waals surface area (Å²) < 4.78 is 9.05. The van der Waals surface area contributed by atoms with Crippen LogP contribution in [0.3, 0.4) is 0 Å². The van der Waals surface area contributed by atoms with Crippen LogP contribution in [0.4, 0.5) is 0 Å². The highest BCUT2D eigenvalue weighted by molar-refractivity contribution is 8.00. The Morgan fingerprint density at radius 2 is 1.31 bits per heavy atom. The van der Waals surface area contributed by atoms with Gasteiger partial charge >= 0.3 is 11.9 Å². The fourth-order valence-corrected chi connectivity index (χ4v) is 2.48. The zero-order valence-electron chi connectivity index (χ0n) is 19.4. The van der Waals surface area contributed by atoms with E-state index >= 15 is 0 Å². The molecule has 0 aliphatic heterocycles. The van der Waals surface area contributed by atoms with Crippen molar-refractivity contribution < 1.29 is 29.0 Å². The molecular weight excluding hydrogens is 448 g/mol. The zero-order valence-corrected chi connectivity index (χ0v) is 21.2. The van der Waals surface area contributed by atoms with E-state index in [-0.39, 0.29) is 19.2 Å². The van der Waals surface area contributed by atoms with Crippen LogP contribution in [0, 0.1) is 0 Å². The third-order valence-corrected chi connectivity index (χ3v) is 4.25. The summed E-state index contributed by atoms with van der Waals surface area (Å²) in [6, 6.07) is 0. The predicted octanol–water partition coefficient (Wildman–Crippen LogP) is 5.94. The van der Waals surface area contributed by atoms with Gasteiger partial charge in [0, 0.05) is 13.3 Å². The molecule has 0 amide bonds. The van der Waals surface area contributed by atoms with Crippen molar-refractivity contribution in [3.63, 3.8) is 0 Å². The number of aliphatic carboxylic acids is 1. The Kier molecular flexibility index (Phi) is 26.0. The first-order chi connectivity index (χ1) is 15.3. The number of carboxylic acids is 1. The van der Waals surface area contributed by atoms with Gasteiger partial charge in [-0.25, -0.2) is 4.79 Å². The van der Waals surface area contributed by atoms with E-state index in [0.29, 0.717) is 6.42 Å². The molecule has 32 heavy (non-hydrogen) atoms. The van der Waals surface area contributed by atoms with Gasteiger partial charge in [0.1, 0.15) is 17.8 Å². The lowest BCUT2D eigenvalue weighted by Gasteiger charge is -2.07. The van der Waals surface area contributed by atoms with Crippen LogP contribution in [-0.2, 0) is 23.9 Å². The predicted molar refractivity (Wildman–Crippen MR) is 136 cm³/mol. The third kappa shape index (κ3) is 30.5. The van der Waals surface area contributed by atoms with Crippen LogP contribution in [0.1, 0.15) is 78.1 Å². The second-order valence-electron chi connectivity index (χ2n) is 6.88. The van der Waals surface area contributed by atoms with Gasteiger partial charge in [-0.3, -0.25) is 9.59 Å². The molecule has 0 saturated carbocycles. The van der Waals surface area contributed by atoms with Gasteiger partial charge in [-0.2, -0.15) is 25.3 Å². The standard InChI is InChI=1S/C22H36O4S2.C2H4O2/c1-2-3-4-5-6-7-8-9-10-11-12-13-14-15-16-17-20(23)25-18-19-26-21(24)22(27)28;1-2(3)4/h3-4,6-7,9-10,22,27-28H,2,5,8,11-19H2,1H3;1H3,(H,3,4)/b4-3-,7-6-,10-9-;. The Bertz CT molecular complexity index is 567. The van der Waals surface area contributed by atoms with Gasteiger partial charge in [0.25, 0.3) is 5.97 Å². The number of allylic oxidation sites excluding steroid dienone is 6. The van der Waals surface area contributed by atoms with Crippen molar-refractivity contribution in [2.24, 2.45) is 0 Å². The summed E-state index contributed by atoms with van der Waals surface area (Å²) in [5, 5.41) is 7.42. The fourth-order valence-electron chi connectivity index (χ4n) is 2.33. The maximum Gasteiger partial charge on any atom is 0.328 e. The number of unbranched alkanes of at least 4 members (excludes halogenated alkanes) is 5. The molecule has 8 heteroatoms. The van der Waals surface area contributed by atoms with Crippen LogP contribution in [0.25, 0.3) is 0 Å². The topological polar surface area (TPSA) is 89.9 Å². The van der Waals surface area contributed by atoms with E-state index < -0.39 is 16.5 Å². The second kappa shape index (κ2) is 25.6. The smallest absolute Gasteiger partial charge is 0.328 e. The third-order valence-electron chi connectivity index (χ3n) is 3.83. The fraction of sp³-hybridized carbons (Fsp3) is 0.625. The molecule has 0 heterocycles. The molecule has 0 aliphatic carbocycles. The van der Waals surface area contributed by atoms with Crippen LogP contribution >= 0.6 is 25.3 Å². The number of carbonyl (C=O) groups is 3. The first-order valence-electron chi connectivity index (χ1n) is 11.1. The van der Waals surface area contributed by atoms with Gasteiger partial charge in [0.2, 0.25) is 0 Å². The van der Waals surface area contributed by atoms with Gasteiger partial charge in [-0.1, -0.05) is 62.6 Å². The Balaban J connectivity index is 0. The number of rotatable bonds is 17.